The Hall–Kier alpha value is -1.85. The highest BCUT2D eigenvalue weighted by Gasteiger charge is 2.31. The summed E-state index contributed by atoms with van der Waals surface area (Å²) in [6.45, 7) is 3.11. The van der Waals surface area contributed by atoms with Gasteiger partial charge in [0.1, 0.15) is 18.2 Å². The summed E-state index contributed by atoms with van der Waals surface area (Å²) in [6, 6.07) is 1.20. The molecule has 1 aliphatic heterocycles. The third kappa shape index (κ3) is 2.46. The lowest BCUT2D eigenvalue weighted by Crippen LogP contribution is -2.36. The number of anilines is 1. The number of carboxylic acids is 1. The molecule has 0 aliphatic carbocycles. The highest BCUT2D eigenvalue weighted by molar-refractivity contribution is 5.78. The van der Waals surface area contributed by atoms with Crippen LogP contribution in [-0.2, 0) is 4.79 Å². The maximum absolute atomic E-state index is 11.1. The quantitative estimate of drug-likeness (QED) is 0.839. The lowest BCUT2D eigenvalue weighted by molar-refractivity contribution is -0.138. The molecule has 1 unspecified atom stereocenters. The van der Waals surface area contributed by atoms with E-state index in [9.17, 15) is 4.79 Å². The Morgan fingerprint density at radius 2 is 2.47 bits per heavy atom. The van der Waals surface area contributed by atoms with Gasteiger partial charge in [0.15, 0.2) is 0 Å². The van der Waals surface area contributed by atoms with Crippen LogP contribution in [-0.4, -0.2) is 40.2 Å². The zero-order valence-electron chi connectivity index (χ0n) is 9.67. The van der Waals surface area contributed by atoms with Crippen LogP contribution in [0.5, 0.6) is 5.88 Å². The number of ether oxygens (including phenoxy) is 1. The third-order valence-electron chi connectivity index (χ3n) is 2.75. The van der Waals surface area contributed by atoms with Crippen LogP contribution < -0.4 is 9.64 Å². The fourth-order valence-corrected chi connectivity index (χ4v) is 2.01. The van der Waals surface area contributed by atoms with Crippen molar-refractivity contribution in [3.8, 4) is 5.88 Å². The molecule has 2 heterocycles. The first-order valence-electron chi connectivity index (χ1n) is 5.66. The van der Waals surface area contributed by atoms with E-state index in [2.05, 4.69) is 9.97 Å². The largest absolute Gasteiger partial charge is 0.480 e. The van der Waals surface area contributed by atoms with E-state index in [0.717, 1.165) is 6.42 Å². The summed E-state index contributed by atoms with van der Waals surface area (Å²) < 4.78 is 5.28. The summed E-state index contributed by atoms with van der Waals surface area (Å²) in [5.74, 6) is 0.293. The number of nitrogens with zero attached hydrogens (tertiary/aromatic N) is 3. The third-order valence-corrected chi connectivity index (χ3v) is 2.75. The Morgan fingerprint density at radius 1 is 1.65 bits per heavy atom. The predicted molar refractivity (Wildman–Crippen MR) is 61.2 cm³/mol. The van der Waals surface area contributed by atoms with Crippen LogP contribution in [0.25, 0.3) is 0 Å². The van der Waals surface area contributed by atoms with Crippen molar-refractivity contribution in [2.45, 2.75) is 25.8 Å². The number of carbonyl (C=O) groups is 1. The van der Waals surface area contributed by atoms with E-state index in [4.69, 9.17) is 9.84 Å². The molecule has 1 N–H and O–H groups in total. The second-order valence-electron chi connectivity index (χ2n) is 3.84. The molecule has 1 aromatic rings. The number of rotatable bonds is 4. The molecule has 0 amide bonds. The van der Waals surface area contributed by atoms with Crippen LogP contribution >= 0.6 is 0 Å². The van der Waals surface area contributed by atoms with Crippen LogP contribution in [0, 0.1) is 0 Å². The van der Waals surface area contributed by atoms with E-state index in [1.807, 2.05) is 6.92 Å². The molecule has 0 bridgehead atoms. The molecule has 92 valence electrons. The van der Waals surface area contributed by atoms with Gasteiger partial charge in [-0.15, -0.1) is 0 Å². The molecular formula is C11H15N3O3. The fraction of sp³-hybridized carbons (Fsp3) is 0.545. The van der Waals surface area contributed by atoms with Gasteiger partial charge in [0.25, 0.3) is 0 Å². The molecule has 0 radical (unpaired) electrons. The molecule has 1 aromatic heterocycles. The average Bonchev–Trinajstić information content (AvgIpc) is 2.79. The highest BCUT2D eigenvalue weighted by Crippen LogP contribution is 2.25. The summed E-state index contributed by atoms with van der Waals surface area (Å²) in [7, 11) is 0. The van der Waals surface area contributed by atoms with Crippen molar-refractivity contribution in [1.82, 2.24) is 9.97 Å². The van der Waals surface area contributed by atoms with Gasteiger partial charge in [-0.3, -0.25) is 0 Å². The van der Waals surface area contributed by atoms with Crippen LogP contribution in [0.15, 0.2) is 12.4 Å². The van der Waals surface area contributed by atoms with E-state index in [1.165, 1.54) is 6.33 Å². The average molecular weight is 237 g/mol. The molecule has 1 atom stereocenters. The number of aliphatic carboxylic acids is 1. The topological polar surface area (TPSA) is 75.5 Å². The first-order valence-corrected chi connectivity index (χ1v) is 5.66. The second-order valence-corrected chi connectivity index (χ2v) is 3.84. The first-order chi connectivity index (χ1) is 8.22. The standard InChI is InChI=1S/C11H15N3O3/c1-2-17-10-6-9(12-7-13-10)14-5-3-4-8(14)11(15)16/h6-8H,2-5H2,1H3,(H,15,16). The van der Waals surface area contributed by atoms with Crippen molar-refractivity contribution in [3.63, 3.8) is 0 Å². The van der Waals surface area contributed by atoms with Gasteiger partial charge in [0, 0.05) is 12.6 Å². The van der Waals surface area contributed by atoms with E-state index in [-0.39, 0.29) is 0 Å². The molecular weight excluding hydrogens is 222 g/mol. The van der Waals surface area contributed by atoms with E-state index < -0.39 is 12.0 Å². The fourth-order valence-electron chi connectivity index (χ4n) is 2.01. The van der Waals surface area contributed by atoms with Gasteiger partial charge in [-0.05, 0) is 19.8 Å². The van der Waals surface area contributed by atoms with E-state index in [0.29, 0.717) is 31.3 Å². The van der Waals surface area contributed by atoms with Crippen molar-refractivity contribution < 1.29 is 14.6 Å². The van der Waals surface area contributed by atoms with Gasteiger partial charge in [-0.25, -0.2) is 14.8 Å². The highest BCUT2D eigenvalue weighted by atomic mass is 16.5. The van der Waals surface area contributed by atoms with Crippen molar-refractivity contribution in [2.75, 3.05) is 18.1 Å². The smallest absolute Gasteiger partial charge is 0.326 e. The van der Waals surface area contributed by atoms with Crippen molar-refractivity contribution >= 4 is 11.8 Å². The summed E-state index contributed by atoms with van der Waals surface area (Å²) >= 11 is 0. The Kier molecular flexibility index (Phi) is 3.41. The summed E-state index contributed by atoms with van der Waals surface area (Å²) in [6.07, 6.45) is 2.92. The molecule has 1 fully saturated rings. The van der Waals surface area contributed by atoms with E-state index >= 15 is 0 Å². The van der Waals surface area contributed by atoms with Gasteiger partial charge >= 0.3 is 5.97 Å². The van der Waals surface area contributed by atoms with Crippen LogP contribution in [0.1, 0.15) is 19.8 Å². The molecule has 0 spiro atoms. The Morgan fingerprint density at radius 3 is 3.18 bits per heavy atom. The molecule has 6 nitrogen and oxygen atoms in total. The molecule has 1 saturated heterocycles. The summed E-state index contributed by atoms with van der Waals surface area (Å²) in [5.41, 5.74) is 0. The van der Waals surface area contributed by atoms with Crippen molar-refractivity contribution in [1.29, 1.82) is 0 Å². The monoisotopic (exact) mass is 237 g/mol. The van der Waals surface area contributed by atoms with Crippen LogP contribution in [0.4, 0.5) is 5.82 Å². The van der Waals surface area contributed by atoms with Crippen molar-refractivity contribution in [3.05, 3.63) is 12.4 Å². The molecule has 1 aliphatic rings. The summed E-state index contributed by atoms with van der Waals surface area (Å²) in [4.78, 5) is 20.9. The SMILES string of the molecule is CCOc1cc(N2CCCC2C(=O)O)ncn1. The van der Waals surface area contributed by atoms with Crippen LogP contribution in [0.3, 0.4) is 0 Å². The van der Waals surface area contributed by atoms with Crippen molar-refractivity contribution in [2.24, 2.45) is 0 Å². The Labute approximate surface area is 99.2 Å². The first kappa shape index (κ1) is 11.6. The minimum absolute atomic E-state index is 0.480. The van der Waals surface area contributed by atoms with Gasteiger partial charge < -0.3 is 14.7 Å². The molecule has 2 rings (SSSR count). The minimum Gasteiger partial charge on any atom is -0.480 e. The Balaban J connectivity index is 2.21. The number of hydrogen-bond donors (Lipinski definition) is 1. The van der Waals surface area contributed by atoms with E-state index in [1.54, 1.807) is 11.0 Å². The molecule has 6 heteroatoms. The molecule has 0 saturated carbocycles. The van der Waals surface area contributed by atoms with Crippen LogP contribution in [0.2, 0.25) is 0 Å². The van der Waals surface area contributed by atoms with Gasteiger partial charge in [0.2, 0.25) is 5.88 Å². The number of hydrogen-bond acceptors (Lipinski definition) is 5. The lowest BCUT2D eigenvalue weighted by Gasteiger charge is -2.22. The molecule has 17 heavy (non-hydrogen) atoms. The molecule has 0 aromatic carbocycles. The maximum Gasteiger partial charge on any atom is 0.326 e. The normalized spacial score (nSPS) is 19.4. The maximum atomic E-state index is 11.1. The van der Waals surface area contributed by atoms with Gasteiger partial charge in [-0.1, -0.05) is 0 Å². The predicted octanol–water partition coefficient (Wildman–Crippen LogP) is 0.929. The lowest BCUT2D eigenvalue weighted by atomic mass is 10.2. The number of carboxylic acid groups (broad SMARTS) is 1. The number of aromatic nitrogens is 2. The Bertz CT molecular complexity index is 411. The summed E-state index contributed by atoms with van der Waals surface area (Å²) in [5, 5.41) is 9.10. The minimum atomic E-state index is -0.806. The van der Waals surface area contributed by atoms with Gasteiger partial charge in [0.05, 0.1) is 6.61 Å². The zero-order valence-corrected chi connectivity index (χ0v) is 9.67. The zero-order chi connectivity index (χ0) is 12.3. The van der Waals surface area contributed by atoms with Gasteiger partial charge in [-0.2, -0.15) is 0 Å². The second kappa shape index (κ2) is 4.99.